The van der Waals surface area contributed by atoms with Gasteiger partial charge in [0, 0.05) is 35.4 Å². The Hall–Kier alpha value is -0.380. The molecule has 0 unspecified atom stereocenters. The number of rotatable bonds is 7. The standard InChI is InChI=1S/C18H30N2S/c1-4-18(5-2)8-9-20(13-18)12-15-10-17(21-14(15)3)11-19-16-6-7-16/h10,16,19H,4-9,11-13H2,1-3H3. The maximum atomic E-state index is 3.64. The number of thiophene rings is 1. The lowest BCUT2D eigenvalue weighted by Crippen LogP contribution is -2.26. The van der Waals surface area contributed by atoms with Gasteiger partial charge in [0.2, 0.25) is 0 Å². The first-order chi connectivity index (χ1) is 10.1. The van der Waals surface area contributed by atoms with Crippen LogP contribution < -0.4 is 5.32 Å². The van der Waals surface area contributed by atoms with Gasteiger partial charge in [-0.1, -0.05) is 13.8 Å². The van der Waals surface area contributed by atoms with Crippen molar-refractivity contribution in [2.45, 2.75) is 72.0 Å². The summed E-state index contributed by atoms with van der Waals surface area (Å²) in [6.07, 6.45) is 6.81. The van der Waals surface area contributed by atoms with Crippen molar-refractivity contribution >= 4 is 11.3 Å². The van der Waals surface area contributed by atoms with E-state index in [2.05, 4.69) is 37.1 Å². The number of nitrogens with one attached hydrogen (secondary N) is 1. The van der Waals surface area contributed by atoms with Crippen molar-refractivity contribution in [1.82, 2.24) is 10.2 Å². The summed E-state index contributed by atoms with van der Waals surface area (Å²) < 4.78 is 0. The van der Waals surface area contributed by atoms with Gasteiger partial charge in [0.1, 0.15) is 0 Å². The van der Waals surface area contributed by atoms with Gasteiger partial charge in [0.05, 0.1) is 0 Å². The van der Waals surface area contributed by atoms with Crippen molar-refractivity contribution in [3.05, 3.63) is 21.4 Å². The molecule has 0 spiro atoms. The minimum atomic E-state index is 0.598. The third-order valence-electron chi connectivity index (χ3n) is 5.63. The van der Waals surface area contributed by atoms with Gasteiger partial charge in [-0.05, 0) is 62.6 Å². The zero-order chi connectivity index (χ0) is 14.9. The molecule has 1 aromatic heterocycles. The van der Waals surface area contributed by atoms with Crippen molar-refractivity contribution in [1.29, 1.82) is 0 Å². The topological polar surface area (TPSA) is 15.3 Å². The monoisotopic (exact) mass is 306 g/mol. The molecule has 1 aliphatic carbocycles. The SMILES string of the molecule is CCC1(CC)CCN(Cc2cc(CNC3CC3)sc2C)C1. The van der Waals surface area contributed by atoms with Crippen LogP contribution in [0, 0.1) is 12.3 Å². The molecule has 0 bridgehead atoms. The van der Waals surface area contributed by atoms with Crippen LogP contribution in [0.1, 0.15) is 61.3 Å². The molecule has 2 aliphatic rings. The fourth-order valence-electron chi connectivity index (χ4n) is 3.59. The number of aryl methyl sites for hydroxylation is 1. The lowest BCUT2D eigenvalue weighted by atomic mass is 9.82. The van der Waals surface area contributed by atoms with Gasteiger partial charge in [-0.25, -0.2) is 0 Å². The highest BCUT2D eigenvalue weighted by Gasteiger charge is 2.34. The molecular weight excluding hydrogens is 276 g/mol. The average molecular weight is 307 g/mol. The minimum Gasteiger partial charge on any atom is -0.309 e. The van der Waals surface area contributed by atoms with Crippen molar-refractivity contribution in [3.8, 4) is 0 Å². The Bertz CT molecular complexity index is 472. The molecule has 118 valence electrons. The fraction of sp³-hybridized carbons (Fsp3) is 0.778. The van der Waals surface area contributed by atoms with Crippen LogP contribution in [-0.2, 0) is 13.1 Å². The molecule has 0 radical (unpaired) electrons. The van der Waals surface area contributed by atoms with Crippen LogP contribution in [0.15, 0.2) is 6.07 Å². The maximum absolute atomic E-state index is 3.64. The zero-order valence-corrected chi connectivity index (χ0v) is 14.7. The molecule has 1 N–H and O–H groups in total. The highest BCUT2D eigenvalue weighted by atomic mass is 32.1. The Balaban J connectivity index is 1.57. The lowest BCUT2D eigenvalue weighted by Gasteiger charge is -2.26. The van der Waals surface area contributed by atoms with Gasteiger partial charge in [0.25, 0.3) is 0 Å². The Morgan fingerprint density at radius 1 is 1.33 bits per heavy atom. The van der Waals surface area contributed by atoms with Crippen LogP contribution in [0.5, 0.6) is 0 Å². The predicted molar refractivity (Wildman–Crippen MR) is 91.8 cm³/mol. The first kappa shape index (κ1) is 15.5. The van der Waals surface area contributed by atoms with Gasteiger partial charge in [-0.3, -0.25) is 4.90 Å². The first-order valence-electron chi connectivity index (χ1n) is 8.68. The van der Waals surface area contributed by atoms with Crippen molar-refractivity contribution in [2.24, 2.45) is 5.41 Å². The van der Waals surface area contributed by atoms with E-state index in [0.29, 0.717) is 5.41 Å². The van der Waals surface area contributed by atoms with E-state index in [9.17, 15) is 0 Å². The summed E-state index contributed by atoms with van der Waals surface area (Å²) in [5, 5.41) is 3.64. The largest absolute Gasteiger partial charge is 0.309 e. The van der Waals surface area contributed by atoms with E-state index in [1.807, 2.05) is 11.3 Å². The summed E-state index contributed by atoms with van der Waals surface area (Å²) in [5.74, 6) is 0. The Labute approximate surface area is 133 Å². The summed E-state index contributed by atoms with van der Waals surface area (Å²) >= 11 is 1.99. The Kier molecular flexibility index (Phi) is 4.72. The van der Waals surface area contributed by atoms with Crippen LogP contribution in [0.4, 0.5) is 0 Å². The molecule has 1 saturated carbocycles. The van der Waals surface area contributed by atoms with E-state index in [-0.39, 0.29) is 0 Å². The molecule has 3 heteroatoms. The number of nitrogens with zero attached hydrogens (tertiary/aromatic N) is 1. The Morgan fingerprint density at radius 3 is 2.71 bits per heavy atom. The first-order valence-corrected chi connectivity index (χ1v) is 9.50. The van der Waals surface area contributed by atoms with E-state index in [1.54, 1.807) is 5.56 Å². The van der Waals surface area contributed by atoms with Crippen LogP contribution in [0.25, 0.3) is 0 Å². The quantitative estimate of drug-likeness (QED) is 0.807. The van der Waals surface area contributed by atoms with E-state index >= 15 is 0 Å². The molecule has 1 aromatic rings. The van der Waals surface area contributed by atoms with Gasteiger partial charge < -0.3 is 5.32 Å². The van der Waals surface area contributed by atoms with Crippen LogP contribution in [0.2, 0.25) is 0 Å². The smallest absolute Gasteiger partial charge is 0.0302 e. The third kappa shape index (κ3) is 3.69. The van der Waals surface area contributed by atoms with E-state index in [0.717, 1.165) is 19.1 Å². The summed E-state index contributed by atoms with van der Waals surface area (Å²) in [4.78, 5) is 5.72. The van der Waals surface area contributed by atoms with Crippen LogP contribution in [0.3, 0.4) is 0 Å². The molecule has 0 atom stereocenters. The second kappa shape index (κ2) is 6.39. The molecule has 1 aliphatic heterocycles. The molecule has 21 heavy (non-hydrogen) atoms. The van der Waals surface area contributed by atoms with Gasteiger partial charge in [-0.15, -0.1) is 11.3 Å². The zero-order valence-electron chi connectivity index (χ0n) is 13.9. The van der Waals surface area contributed by atoms with E-state index in [4.69, 9.17) is 0 Å². The molecule has 2 heterocycles. The van der Waals surface area contributed by atoms with E-state index < -0.39 is 0 Å². The molecule has 0 amide bonds. The highest BCUT2D eigenvalue weighted by molar-refractivity contribution is 7.12. The number of hydrogen-bond donors (Lipinski definition) is 1. The third-order valence-corrected chi connectivity index (χ3v) is 6.72. The number of hydrogen-bond acceptors (Lipinski definition) is 3. The predicted octanol–water partition coefficient (Wildman–Crippen LogP) is 4.32. The second-order valence-electron chi connectivity index (χ2n) is 7.12. The lowest BCUT2D eigenvalue weighted by molar-refractivity contribution is 0.236. The molecule has 1 saturated heterocycles. The highest BCUT2D eigenvalue weighted by Crippen LogP contribution is 2.38. The molecule has 2 nitrogen and oxygen atoms in total. The van der Waals surface area contributed by atoms with Crippen molar-refractivity contribution in [3.63, 3.8) is 0 Å². The molecular formula is C18H30N2S. The van der Waals surface area contributed by atoms with Crippen molar-refractivity contribution in [2.75, 3.05) is 13.1 Å². The molecule has 2 fully saturated rings. The van der Waals surface area contributed by atoms with Gasteiger partial charge in [-0.2, -0.15) is 0 Å². The summed E-state index contributed by atoms with van der Waals surface area (Å²) in [6, 6.07) is 3.26. The minimum absolute atomic E-state index is 0.598. The van der Waals surface area contributed by atoms with Gasteiger partial charge in [0.15, 0.2) is 0 Å². The fourth-order valence-corrected chi connectivity index (χ4v) is 4.60. The summed E-state index contributed by atoms with van der Waals surface area (Å²) in [7, 11) is 0. The molecule has 0 aromatic carbocycles. The molecule has 3 rings (SSSR count). The van der Waals surface area contributed by atoms with Crippen molar-refractivity contribution < 1.29 is 0 Å². The normalized spacial score (nSPS) is 22.0. The second-order valence-corrected chi connectivity index (χ2v) is 8.46. The summed E-state index contributed by atoms with van der Waals surface area (Å²) in [6.45, 7) is 11.8. The van der Waals surface area contributed by atoms with Gasteiger partial charge >= 0.3 is 0 Å². The average Bonchev–Trinajstić information content (AvgIpc) is 3.14. The maximum Gasteiger partial charge on any atom is 0.0302 e. The van der Waals surface area contributed by atoms with Crippen LogP contribution >= 0.6 is 11.3 Å². The Morgan fingerprint density at radius 2 is 2.10 bits per heavy atom. The van der Waals surface area contributed by atoms with E-state index in [1.165, 1.54) is 54.9 Å². The number of likely N-dealkylation sites (tertiary alicyclic amines) is 1. The summed E-state index contributed by atoms with van der Waals surface area (Å²) in [5.41, 5.74) is 2.16. The van der Waals surface area contributed by atoms with Crippen LogP contribution in [-0.4, -0.2) is 24.0 Å².